The summed E-state index contributed by atoms with van der Waals surface area (Å²) in [5.41, 5.74) is 3.41. The van der Waals surface area contributed by atoms with Crippen LogP contribution >= 0.6 is 11.6 Å². The zero-order valence-electron chi connectivity index (χ0n) is 16.2. The molecule has 4 rings (SSSR count). The SMILES string of the molecule is O=C(NCCCc1ccccc1)c1nnn(-c2ccccc2Cl)c1-c1cccnc1. The van der Waals surface area contributed by atoms with Gasteiger partial charge in [0.2, 0.25) is 0 Å². The second-order valence-electron chi connectivity index (χ2n) is 6.74. The van der Waals surface area contributed by atoms with Crippen LogP contribution in [0.4, 0.5) is 0 Å². The topological polar surface area (TPSA) is 72.7 Å². The quantitative estimate of drug-likeness (QED) is 0.454. The molecular formula is C23H20ClN5O. The van der Waals surface area contributed by atoms with Crippen LogP contribution in [-0.2, 0) is 6.42 Å². The highest BCUT2D eigenvalue weighted by Crippen LogP contribution is 2.28. The molecule has 1 N–H and O–H groups in total. The molecule has 2 aromatic heterocycles. The lowest BCUT2D eigenvalue weighted by atomic mass is 10.1. The number of halogens is 1. The second kappa shape index (κ2) is 9.33. The fourth-order valence-electron chi connectivity index (χ4n) is 3.21. The maximum Gasteiger partial charge on any atom is 0.274 e. The normalized spacial score (nSPS) is 10.7. The van der Waals surface area contributed by atoms with Gasteiger partial charge in [-0.1, -0.05) is 59.3 Å². The van der Waals surface area contributed by atoms with E-state index in [-0.39, 0.29) is 11.6 Å². The van der Waals surface area contributed by atoms with Crippen LogP contribution in [0, 0.1) is 0 Å². The Kier molecular flexibility index (Phi) is 6.15. The number of benzene rings is 2. The first-order valence-corrected chi connectivity index (χ1v) is 10.0. The molecule has 0 saturated carbocycles. The van der Waals surface area contributed by atoms with Crippen LogP contribution in [0.5, 0.6) is 0 Å². The fourth-order valence-corrected chi connectivity index (χ4v) is 3.43. The average Bonchev–Trinajstić information content (AvgIpc) is 3.23. The number of hydrogen-bond acceptors (Lipinski definition) is 4. The molecular weight excluding hydrogens is 398 g/mol. The lowest BCUT2D eigenvalue weighted by Crippen LogP contribution is -2.26. The molecule has 7 heteroatoms. The number of carbonyl (C=O) groups is 1. The Labute approximate surface area is 179 Å². The predicted molar refractivity (Wildman–Crippen MR) is 117 cm³/mol. The highest BCUT2D eigenvalue weighted by atomic mass is 35.5. The van der Waals surface area contributed by atoms with Gasteiger partial charge in [0.25, 0.3) is 5.91 Å². The van der Waals surface area contributed by atoms with Crippen molar-refractivity contribution >= 4 is 17.5 Å². The Bertz CT molecular complexity index is 1130. The third-order valence-corrected chi connectivity index (χ3v) is 4.99. The van der Waals surface area contributed by atoms with Gasteiger partial charge >= 0.3 is 0 Å². The highest BCUT2D eigenvalue weighted by Gasteiger charge is 2.23. The van der Waals surface area contributed by atoms with Gasteiger partial charge in [0.05, 0.1) is 10.7 Å². The summed E-state index contributed by atoms with van der Waals surface area (Å²) >= 11 is 6.36. The Balaban J connectivity index is 1.57. The smallest absolute Gasteiger partial charge is 0.274 e. The minimum atomic E-state index is -0.278. The van der Waals surface area contributed by atoms with Gasteiger partial charge in [-0.15, -0.1) is 5.10 Å². The number of rotatable bonds is 7. The zero-order chi connectivity index (χ0) is 20.8. The minimum absolute atomic E-state index is 0.239. The lowest BCUT2D eigenvalue weighted by Gasteiger charge is -2.10. The van der Waals surface area contributed by atoms with Crippen LogP contribution in [0.1, 0.15) is 22.5 Å². The molecule has 0 aliphatic rings. The largest absolute Gasteiger partial charge is 0.351 e. The number of aromatic nitrogens is 4. The van der Waals surface area contributed by atoms with Crippen LogP contribution in [-0.4, -0.2) is 32.4 Å². The van der Waals surface area contributed by atoms with Gasteiger partial charge in [-0.05, 0) is 42.7 Å². The molecule has 0 radical (unpaired) electrons. The molecule has 150 valence electrons. The van der Waals surface area contributed by atoms with Crippen LogP contribution in [0.2, 0.25) is 5.02 Å². The summed E-state index contributed by atoms with van der Waals surface area (Å²) in [5.74, 6) is -0.278. The van der Waals surface area contributed by atoms with Crippen molar-refractivity contribution < 1.29 is 4.79 Å². The van der Waals surface area contributed by atoms with Gasteiger partial charge in [0.1, 0.15) is 5.69 Å². The number of pyridine rings is 1. The van der Waals surface area contributed by atoms with E-state index in [0.717, 1.165) is 18.4 Å². The number of nitrogens with zero attached hydrogens (tertiary/aromatic N) is 4. The molecule has 0 aliphatic heterocycles. The van der Waals surface area contributed by atoms with Gasteiger partial charge in [-0.25, -0.2) is 4.68 Å². The molecule has 0 bridgehead atoms. The monoisotopic (exact) mass is 417 g/mol. The molecule has 0 saturated heterocycles. The summed E-state index contributed by atoms with van der Waals surface area (Å²) in [6, 6.07) is 21.2. The van der Waals surface area contributed by atoms with Crippen molar-refractivity contribution in [3.05, 3.63) is 95.4 Å². The Morgan fingerprint density at radius 3 is 2.57 bits per heavy atom. The fraction of sp³-hybridized carbons (Fsp3) is 0.130. The number of amides is 1. The summed E-state index contributed by atoms with van der Waals surface area (Å²) in [4.78, 5) is 17.1. The first-order chi connectivity index (χ1) is 14.7. The number of hydrogen-bond donors (Lipinski definition) is 1. The van der Waals surface area contributed by atoms with E-state index in [2.05, 4.69) is 32.7 Å². The second-order valence-corrected chi connectivity index (χ2v) is 7.14. The third-order valence-electron chi connectivity index (χ3n) is 4.67. The summed E-state index contributed by atoms with van der Waals surface area (Å²) < 4.78 is 1.58. The number of nitrogens with one attached hydrogen (secondary N) is 1. The molecule has 0 aliphatic carbocycles. The van der Waals surface area contributed by atoms with Gasteiger partial charge in [-0.3, -0.25) is 9.78 Å². The van der Waals surface area contributed by atoms with E-state index in [0.29, 0.717) is 22.9 Å². The van der Waals surface area contributed by atoms with E-state index in [1.165, 1.54) is 5.56 Å². The van der Waals surface area contributed by atoms with Gasteiger partial charge in [0.15, 0.2) is 5.69 Å². The standard InChI is InChI=1S/C23H20ClN5O/c24-19-12-4-5-13-20(19)29-22(18-11-7-14-25-16-18)21(27-28-29)23(30)26-15-6-10-17-8-2-1-3-9-17/h1-5,7-9,11-14,16H,6,10,15H2,(H,26,30). The summed E-state index contributed by atoms with van der Waals surface area (Å²) in [5, 5.41) is 11.8. The van der Waals surface area contributed by atoms with E-state index in [1.54, 1.807) is 29.2 Å². The Hall–Kier alpha value is -3.51. The first-order valence-electron chi connectivity index (χ1n) is 9.67. The summed E-state index contributed by atoms with van der Waals surface area (Å²) in [6.07, 6.45) is 5.08. The Morgan fingerprint density at radius 1 is 1.00 bits per heavy atom. The van der Waals surface area contributed by atoms with Crippen molar-refractivity contribution in [2.75, 3.05) is 6.54 Å². The first kappa shape index (κ1) is 19.8. The molecule has 0 fully saturated rings. The van der Waals surface area contributed by atoms with Crippen LogP contribution in [0.25, 0.3) is 16.9 Å². The molecule has 2 heterocycles. The summed E-state index contributed by atoms with van der Waals surface area (Å²) in [7, 11) is 0. The third kappa shape index (κ3) is 4.39. The molecule has 30 heavy (non-hydrogen) atoms. The van der Waals surface area contributed by atoms with Gasteiger partial charge < -0.3 is 5.32 Å². The van der Waals surface area contributed by atoms with Crippen molar-refractivity contribution in [3.8, 4) is 16.9 Å². The number of aryl methyl sites for hydroxylation is 1. The summed E-state index contributed by atoms with van der Waals surface area (Å²) in [6.45, 7) is 0.541. The Morgan fingerprint density at radius 2 is 1.80 bits per heavy atom. The number of para-hydroxylation sites is 1. The molecule has 2 aromatic carbocycles. The van der Waals surface area contributed by atoms with E-state index in [4.69, 9.17) is 11.6 Å². The van der Waals surface area contributed by atoms with Crippen LogP contribution < -0.4 is 5.32 Å². The van der Waals surface area contributed by atoms with Crippen LogP contribution in [0.3, 0.4) is 0 Å². The predicted octanol–water partition coefficient (Wildman–Crippen LogP) is 4.35. The average molecular weight is 418 g/mol. The maximum absolute atomic E-state index is 12.9. The minimum Gasteiger partial charge on any atom is -0.351 e. The van der Waals surface area contributed by atoms with E-state index < -0.39 is 0 Å². The van der Waals surface area contributed by atoms with Crippen molar-refractivity contribution in [1.82, 2.24) is 25.3 Å². The molecule has 4 aromatic rings. The van der Waals surface area contributed by atoms with E-state index in [9.17, 15) is 4.79 Å². The highest BCUT2D eigenvalue weighted by molar-refractivity contribution is 6.32. The molecule has 0 unspecified atom stereocenters. The zero-order valence-corrected chi connectivity index (χ0v) is 17.0. The van der Waals surface area contributed by atoms with Crippen molar-refractivity contribution in [3.63, 3.8) is 0 Å². The van der Waals surface area contributed by atoms with Gasteiger partial charge in [0, 0.05) is 24.5 Å². The molecule has 6 nitrogen and oxygen atoms in total. The lowest BCUT2D eigenvalue weighted by molar-refractivity contribution is 0.0949. The van der Waals surface area contributed by atoms with Crippen molar-refractivity contribution in [2.45, 2.75) is 12.8 Å². The van der Waals surface area contributed by atoms with E-state index >= 15 is 0 Å². The molecule has 0 spiro atoms. The van der Waals surface area contributed by atoms with Gasteiger partial charge in [-0.2, -0.15) is 0 Å². The van der Waals surface area contributed by atoms with E-state index in [1.807, 2.05) is 42.5 Å². The number of carbonyl (C=O) groups excluding carboxylic acids is 1. The van der Waals surface area contributed by atoms with Crippen LogP contribution in [0.15, 0.2) is 79.1 Å². The maximum atomic E-state index is 12.9. The molecule has 0 atom stereocenters. The molecule has 1 amide bonds. The van der Waals surface area contributed by atoms with Crippen molar-refractivity contribution in [1.29, 1.82) is 0 Å². The van der Waals surface area contributed by atoms with Crippen molar-refractivity contribution in [2.24, 2.45) is 0 Å².